The van der Waals surface area contributed by atoms with Gasteiger partial charge in [0.15, 0.2) is 0 Å². The molecule has 1 atom stereocenters. The van der Waals surface area contributed by atoms with Gasteiger partial charge in [-0.1, -0.05) is 13.0 Å². The van der Waals surface area contributed by atoms with Crippen molar-refractivity contribution in [2.75, 3.05) is 12.4 Å². The number of aromatic amines is 1. The zero-order chi connectivity index (χ0) is 17.9. The van der Waals surface area contributed by atoms with E-state index in [2.05, 4.69) is 20.8 Å². The van der Waals surface area contributed by atoms with Gasteiger partial charge >= 0.3 is 0 Å². The molecule has 0 aliphatic rings. The number of anilines is 1. The fourth-order valence-corrected chi connectivity index (χ4v) is 2.68. The monoisotopic (exact) mass is 328 g/mol. The standard InChI is InChI=1S/C18H24N4O2/c1-10(9-15-12(3)21-22-13(15)4)17(23)20-16-8-6-7-14(11(16)2)18(24)19-5/h6-8,10H,9H2,1-5H3,(H,19,24)(H,20,23)(H,21,22). The quantitative estimate of drug-likeness (QED) is 0.788. The number of rotatable bonds is 5. The van der Waals surface area contributed by atoms with E-state index >= 15 is 0 Å². The lowest BCUT2D eigenvalue weighted by atomic mass is 9.98. The highest BCUT2D eigenvalue weighted by molar-refractivity contribution is 5.99. The maximum absolute atomic E-state index is 12.5. The smallest absolute Gasteiger partial charge is 0.251 e. The zero-order valence-electron chi connectivity index (χ0n) is 14.8. The van der Waals surface area contributed by atoms with Crippen LogP contribution in [0.4, 0.5) is 5.69 Å². The molecule has 2 rings (SSSR count). The number of aryl methyl sites for hydroxylation is 2. The molecule has 1 aromatic heterocycles. The van der Waals surface area contributed by atoms with Crippen molar-refractivity contribution in [2.45, 2.75) is 34.1 Å². The number of hydrogen-bond donors (Lipinski definition) is 3. The Balaban J connectivity index is 2.13. The van der Waals surface area contributed by atoms with E-state index in [9.17, 15) is 9.59 Å². The number of nitrogens with zero attached hydrogens (tertiary/aromatic N) is 1. The Hall–Kier alpha value is -2.63. The maximum atomic E-state index is 12.5. The molecule has 0 aliphatic heterocycles. The second-order valence-corrected chi connectivity index (χ2v) is 6.06. The van der Waals surface area contributed by atoms with Gasteiger partial charge in [0, 0.05) is 29.9 Å². The number of hydrogen-bond acceptors (Lipinski definition) is 3. The molecule has 0 bridgehead atoms. The van der Waals surface area contributed by atoms with E-state index in [0.29, 0.717) is 17.7 Å². The Bertz CT molecular complexity index is 745. The van der Waals surface area contributed by atoms with Crippen molar-refractivity contribution in [1.29, 1.82) is 0 Å². The second kappa shape index (κ2) is 7.29. The SMILES string of the molecule is CNC(=O)c1cccc(NC(=O)C(C)Cc2c(C)n[nH]c2C)c1C. The molecule has 0 radical (unpaired) electrons. The topological polar surface area (TPSA) is 86.9 Å². The van der Waals surface area contributed by atoms with E-state index in [1.165, 1.54) is 0 Å². The highest BCUT2D eigenvalue weighted by Gasteiger charge is 2.19. The van der Waals surface area contributed by atoms with Gasteiger partial charge in [-0.05, 0) is 50.5 Å². The highest BCUT2D eigenvalue weighted by atomic mass is 16.2. The molecule has 2 amide bonds. The van der Waals surface area contributed by atoms with Crippen LogP contribution in [0.1, 0.15) is 39.8 Å². The molecule has 24 heavy (non-hydrogen) atoms. The number of H-pyrrole nitrogens is 1. The van der Waals surface area contributed by atoms with E-state index in [-0.39, 0.29) is 17.7 Å². The molecule has 0 aliphatic carbocycles. The summed E-state index contributed by atoms with van der Waals surface area (Å²) in [7, 11) is 1.59. The minimum Gasteiger partial charge on any atom is -0.355 e. The molecular formula is C18H24N4O2. The van der Waals surface area contributed by atoms with Crippen LogP contribution in [0.5, 0.6) is 0 Å². The largest absolute Gasteiger partial charge is 0.355 e. The summed E-state index contributed by atoms with van der Waals surface area (Å²) in [5.41, 5.74) is 4.97. The Morgan fingerprint density at radius 2 is 1.96 bits per heavy atom. The van der Waals surface area contributed by atoms with E-state index in [4.69, 9.17) is 0 Å². The third-order valence-electron chi connectivity index (χ3n) is 4.30. The van der Waals surface area contributed by atoms with Gasteiger partial charge in [0.25, 0.3) is 5.91 Å². The first kappa shape index (κ1) is 17.7. The third kappa shape index (κ3) is 3.64. The van der Waals surface area contributed by atoms with Gasteiger partial charge in [0.05, 0.1) is 5.69 Å². The number of amides is 2. The summed E-state index contributed by atoms with van der Waals surface area (Å²) in [6, 6.07) is 5.31. The lowest BCUT2D eigenvalue weighted by Crippen LogP contribution is -2.24. The molecule has 0 saturated carbocycles. The number of carbonyl (C=O) groups is 2. The van der Waals surface area contributed by atoms with Gasteiger partial charge in [-0.25, -0.2) is 0 Å². The van der Waals surface area contributed by atoms with E-state index in [1.54, 1.807) is 25.2 Å². The lowest BCUT2D eigenvalue weighted by Gasteiger charge is -2.15. The van der Waals surface area contributed by atoms with Crippen molar-refractivity contribution < 1.29 is 9.59 Å². The van der Waals surface area contributed by atoms with Crippen molar-refractivity contribution in [3.8, 4) is 0 Å². The summed E-state index contributed by atoms with van der Waals surface area (Å²) < 4.78 is 0. The summed E-state index contributed by atoms with van der Waals surface area (Å²) in [5.74, 6) is -0.448. The van der Waals surface area contributed by atoms with Crippen LogP contribution < -0.4 is 10.6 Å². The second-order valence-electron chi connectivity index (χ2n) is 6.06. The van der Waals surface area contributed by atoms with Crippen molar-refractivity contribution in [3.63, 3.8) is 0 Å². The van der Waals surface area contributed by atoms with Crippen LogP contribution in [-0.2, 0) is 11.2 Å². The molecule has 2 aromatic rings. The van der Waals surface area contributed by atoms with Crippen molar-refractivity contribution in [2.24, 2.45) is 5.92 Å². The van der Waals surface area contributed by atoms with Gasteiger partial charge in [0.1, 0.15) is 0 Å². The summed E-state index contributed by atoms with van der Waals surface area (Å²) >= 11 is 0. The summed E-state index contributed by atoms with van der Waals surface area (Å²) in [4.78, 5) is 24.4. The van der Waals surface area contributed by atoms with Crippen molar-refractivity contribution in [1.82, 2.24) is 15.5 Å². The molecule has 3 N–H and O–H groups in total. The van der Waals surface area contributed by atoms with Crippen molar-refractivity contribution >= 4 is 17.5 Å². The number of benzene rings is 1. The zero-order valence-corrected chi connectivity index (χ0v) is 14.8. The molecule has 1 heterocycles. The third-order valence-corrected chi connectivity index (χ3v) is 4.30. The Morgan fingerprint density at radius 1 is 1.25 bits per heavy atom. The first-order valence-corrected chi connectivity index (χ1v) is 7.98. The van der Waals surface area contributed by atoms with E-state index in [0.717, 1.165) is 22.5 Å². The molecule has 1 unspecified atom stereocenters. The summed E-state index contributed by atoms with van der Waals surface area (Å²) in [6.07, 6.45) is 0.619. The Morgan fingerprint density at radius 3 is 2.54 bits per heavy atom. The predicted octanol–water partition coefficient (Wildman–Crippen LogP) is 2.51. The van der Waals surface area contributed by atoms with E-state index in [1.807, 2.05) is 27.7 Å². The minimum absolute atomic E-state index is 0.0767. The molecule has 1 aromatic carbocycles. The van der Waals surface area contributed by atoms with Crippen LogP contribution in [0.3, 0.4) is 0 Å². The van der Waals surface area contributed by atoms with Gasteiger partial charge < -0.3 is 10.6 Å². The van der Waals surface area contributed by atoms with Crippen LogP contribution in [0, 0.1) is 26.7 Å². The van der Waals surface area contributed by atoms with Crippen LogP contribution in [-0.4, -0.2) is 29.1 Å². The van der Waals surface area contributed by atoms with Gasteiger partial charge in [0.2, 0.25) is 5.91 Å². The number of carbonyl (C=O) groups excluding carboxylic acids is 2. The van der Waals surface area contributed by atoms with Crippen LogP contribution in [0.25, 0.3) is 0 Å². The van der Waals surface area contributed by atoms with Gasteiger partial charge in [-0.15, -0.1) is 0 Å². The average molecular weight is 328 g/mol. The number of aromatic nitrogens is 2. The first-order chi connectivity index (χ1) is 11.3. The molecule has 6 nitrogen and oxygen atoms in total. The van der Waals surface area contributed by atoms with Gasteiger partial charge in [-0.2, -0.15) is 5.10 Å². The first-order valence-electron chi connectivity index (χ1n) is 7.98. The fourth-order valence-electron chi connectivity index (χ4n) is 2.68. The van der Waals surface area contributed by atoms with Crippen LogP contribution in [0.2, 0.25) is 0 Å². The molecule has 0 fully saturated rings. The maximum Gasteiger partial charge on any atom is 0.251 e. The predicted molar refractivity (Wildman–Crippen MR) is 94.1 cm³/mol. The summed E-state index contributed by atoms with van der Waals surface area (Å²) in [6.45, 7) is 7.60. The summed E-state index contributed by atoms with van der Waals surface area (Å²) in [5, 5.41) is 12.6. The number of nitrogens with one attached hydrogen (secondary N) is 3. The van der Waals surface area contributed by atoms with Crippen LogP contribution in [0.15, 0.2) is 18.2 Å². The lowest BCUT2D eigenvalue weighted by molar-refractivity contribution is -0.119. The Labute approximate surface area is 142 Å². The minimum atomic E-state index is -0.206. The molecule has 128 valence electrons. The molecule has 0 spiro atoms. The Kier molecular flexibility index (Phi) is 5.39. The molecular weight excluding hydrogens is 304 g/mol. The highest BCUT2D eigenvalue weighted by Crippen LogP contribution is 2.21. The molecule has 0 saturated heterocycles. The fraction of sp³-hybridized carbons (Fsp3) is 0.389. The normalized spacial score (nSPS) is 11.9. The average Bonchev–Trinajstić information content (AvgIpc) is 2.87. The van der Waals surface area contributed by atoms with Gasteiger partial charge in [-0.3, -0.25) is 14.7 Å². The van der Waals surface area contributed by atoms with Crippen molar-refractivity contribution in [3.05, 3.63) is 46.3 Å². The molecule has 6 heteroatoms. The van der Waals surface area contributed by atoms with E-state index < -0.39 is 0 Å². The van der Waals surface area contributed by atoms with Crippen LogP contribution >= 0.6 is 0 Å².